The molecule has 4 heteroatoms. The zero-order valence-electron chi connectivity index (χ0n) is 14.1. The summed E-state index contributed by atoms with van der Waals surface area (Å²) in [6, 6.07) is 10.7. The molecule has 1 aromatic carbocycles. The topological polar surface area (TPSA) is 41.6 Å². The Balaban J connectivity index is 1.39. The third kappa shape index (κ3) is 4.55. The number of nitrogens with zero attached hydrogens (tertiary/aromatic N) is 1. The lowest BCUT2D eigenvalue weighted by molar-refractivity contribution is -0.150. The lowest BCUT2D eigenvalue weighted by atomic mass is 9.89. The monoisotopic (exact) mass is 316 g/mol. The number of amides is 1. The average molecular weight is 316 g/mol. The number of morpholine rings is 1. The van der Waals surface area contributed by atoms with Gasteiger partial charge in [-0.05, 0) is 37.2 Å². The summed E-state index contributed by atoms with van der Waals surface area (Å²) in [5.74, 6) is 0.726. The first-order chi connectivity index (χ1) is 11.2. The molecule has 1 aromatic rings. The summed E-state index contributed by atoms with van der Waals surface area (Å²) in [5.41, 5.74) is 1.33. The van der Waals surface area contributed by atoms with Crippen LogP contribution in [0.25, 0.3) is 0 Å². The zero-order chi connectivity index (χ0) is 16.1. The fraction of sp³-hybridized carbons (Fsp3) is 0.632. The molecule has 1 atom stereocenters. The van der Waals surface area contributed by atoms with E-state index in [4.69, 9.17) is 4.74 Å². The highest BCUT2D eigenvalue weighted by atomic mass is 16.5. The van der Waals surface area contributed by atoms with Crippen molar-refractivity contribution in [1.82, 2.24) is 10.2 Å². The number of rotatable bonds is 5. The number of nitrogens with one attached hydrogen (secondary N) is 1. The predicted octanol–water partition coefficient (Wildman–Crippen LogP) is 2.24. The van der Waals surface area contributed by atoms with E-state index < -0.39 is 0 Å². The van der Waals surface area contributed by atoms with Crippen LogP contribution in [-0.2, 0) is 16.0 Å². The van der Waals surface area contributed by atoms with Crippen LogP contribution in [0.1, 0.15) is 31.7 Å². The standard InChI is InChI=1S/C19H28N2O2/c1-16(7-8-17-5-3-2-4-6-17)13-21-11-9-19(10-12-21)15-20-18(22)14-23-19/h2-6,16H,7-15H2,1H3,(H,20,22). The van der Waals surface area contributed by atoms with Crippen molar-refractivity contribution in [2.45, 2.75) is 38.2 Å². The lowest BCUT2D eigenvalue weighted by Crippen LogP contribution is -2.57. The number of hydrogen-bond donors (Lipinski definition) is 1. The number of likely N-dealkylation sites (tertiary alicyclic amines) is 1. The van der Waals surface area contributed by atoms with Crippen LogP contribution in [0.15, 0.2) is 30.3 Å². The van der Waals surface area contributed by atoms with E-state index in [0.29, 0.717) is 12.5 Å². The fourth-order valence-electron chi connectivity index (χ4n) is 3.63. The molecule has 1 amide bonds. The summed E-state index contributed by atoms with van der Waals surface area (Å²) < 4.78 is 5.84. The Morgan fingerprint density at radius 2 is 2.00 bits per heavy atom. The number of aryl methyl sites for hydroxylation is 1. The Labute approximate surface area is 139 Å². The Morgan fingerprint density at radius 3 is 2.65 bits per heavy atom. The minimum atomic E-state index is -0.0995. The number of carbonyl (C=O) groups is 1. The van der Waals surface area contributed by atoms with Gasteiger partial charge in [-0.15, -0.1) is 0 Å². The second-order valence-corrected chi connectivity index (χ2v) is 7.18. The van der Waals surface area contributed by atoms with E-state index in [1.54, 1.807) is 0 Å². The quantitative estimate of drug-likeness (QED) is 0.906. The number of ether oxygens (including phenoxy) is 1. The van der Waals surface area contributed by atoms with Gasteiger partial charge >= 0.3 is 0 Å². The third-order valence-electron chi connectivity index (χ3n) is 5.22. The van der Waals surface area contributed by atoms with Crippen molar-refractivity contribution in [2.75, 3.05) is 32.8 Å². The molecule has 3 rings (SSSR count). The van der Waals surface area contributed by atoms with Gasteiger partial charge in [0.05, 0.1) is 5.60 Å². The van der Waals surface area contributed by atoms with Crippen LogP contribution in [-0.4, -0.2) is 49.2 Å². The van der Waals surface area contributed by atoms with Gasteiger partial charge in [0, 0.05) is 26.2 Å². The predicted molar refractivity (Wildman–Crippen MR) is 91.3 cm³/mol. The SMILES string of the molecule is CC(CCc1ccccc1)CN1CCC2(CC1)CNC(=O)CO2. The van der Waals surface area contributed by atoms with Crippen LogP contribution in [0.5, 0.6) is 0 Å². The van der Waals surface area contributed by atoms with E-state index in [9.17, 15) is 4.79 Å². The molecule has 2 aliphatic heterocycles. The minimum absolute atomic E-state index is 0.0209. The van der Waals surface area contributed by atoms with E-state index in [-0.39, 0.29) is 18.1 Å². The summed E-state index contributed by atoms with van der Waals surface area (Å²) in [6.45, 7) is 6.58. The van der Waals surface area contributed by atoms with Crippen molar-refractivity contribution in [2.24, 2.45) is 5.92 Å². The van der Waals surface area contributed by atoms with Gasteiger partial charge in [-0.2, -0.15) is 0 Å². The number of piperidine rings is 1. The molecule has 2 fully saturated rings. The van der Waals surface area contributed by atoms with Crippen molar-refractivity contribution >= 4 is 5.91 Å². The van der Waals surface area contributed by atoms with Gasteiger partial charge in [0.1, 0.15) is 6.61 Å². The Kier molecular flexibility index (Phi) is 5.34. The first-order valence-corrected chi connectivity index (χ1v) is 8.82. The van der Waals surface area contributed by atoms with Gasteiger partial charge in [-0.3, -0.25) is 4.79 Å². The molecule has 2 heterocycles. The Morgan fingerprint density at radius 1 is 1.26 bits per heavy atom. The summed E-state index contributed by atoms with van der Waals surface area (Å²) in [6.07, 6.45) is 4.45. The molecule has 0 bridgehead atoms. The highest BCUT2D eigenvalue weighted by Crippen LogP contribution is 2.28. The number of hydrogen-bond acceptors (Lipinski definition) is 3. The molecule has 126 valence electrons. The first-order valence-electron chi connectivity index (χ1n) is 8.82. The number of benzene rings is 1. The molecule has 23 heavy (non-hydrogen) atoms. The molecule has 0 aliphatic carbocycles. The molecular formula is C19H28N2O2. The summed E-state index contributed by atoms with van der Waals surface area (Å²) in [5, 5.41) is 2.95. The van der Waals surface area contributed by atoms with Gasteiger partial charge in [-0.1, -0.05) is 37.3 Å². The van der Waals surface area contributed by atoms with Crippen LogP contribution in [0.2, 0.25) is 0 Å². The molecule has 0 radical (unpaired) electrons. The number of carbonyl (C=O) groups excluding carboxylic acids is 1. The van der Waals surface area contributed by atoms with Crippen molar-refractivity contribution in [3.8, 4) is 0 Å². The smallest absolute Gasteiger partial charge is 0.246 e. The van der Waals surface area contributed by atoms with Gasteiger partial charge in [0.2, 0.25) is 5.91 Å². The normalized spacial score (nSPS) is 22.7. The largest absolute Gasteiger partial charge is 0.363 e. The van der Waals surface area contributed by atoms with Crippen molar-refractivity contribution in [3.05, 3.63) is 35.9 Å². The maximum absolute atomic E-state index is 11.2. The second kappa shape index (κ2) is 7.45. The van der Waals surface area contributed by atoms with E-state index in [1.807, 2.05) is 0 Å². The van der Waals surface area contributed by atoms with Crippen LogP contribution >= 0.6 is 0 Å². The fourth-order valence-corrected chi connectivity index (χ4v) is 3.63. The second-order valence-electron chi connectivity index (χ2n) is 7.18. The van der Waals surface area contributed by atoms with Gasteiger partial charge in [0.15, 0.2) is 0 Å². The van der Waals surface area contributed by atoms with E-state index in [0.717, 1.165) is 38.9 Å². The van der Waals surface area contributed by atoms with Crippen LogP contribution in [0.3, 0.4) is 0 Å². The Hall–Kier alpha value is -1.39. The summed E-state index contributed by atoms with van der Waals surface area (Å²) in [7, 11) is 0. The molecule has 4 nitrogen and oxygen atoms in total. The molecule has 0 saturated carbocycles. The lowest BCUT2D eigenvalue weighted by Gasteiger charge is -2.44. The average Bonchev–Trinajstić information content (AvgIpc) is 2.59. The molecule has 1 spiro atoms. The molecule has 0 aromatic heterocycles. The van der Waals surface area contributed by atoms with Crippen LogP contribution in [0.4, 0.5) is 0 Å². The third-order valence-corrected chi connectivity index (χ3v) is 5.22. The maximum atomic E-state index is 11.2. The van der Waals surface area contributed by atoms with Crippen molar-refractivity contribution in [1.29, 1.82) is 0 Å². The molecule has 2 saturated heterocycles. The van der Waals surface area contributed by atoms with Crippen molar-refractivity contribution < 1.29 is 9.53 Å². The van der Waals surface area contributed by atoms with Gasteiger partial charge < -0.3 is 15.0 Å². The van der Waals surface area contributed by atoms with Gasteiger partial charge in [-0.25, -0.2) is 0 Å². The highest BCUT2D eigenvalue weighted by Gasteiger charge is 2.38. The van der Waals surface area contributed by atoms with Crippen molar-refractivity contribution in [3.63, 3.8) is 0 Å². The van der Waals surface area contributed by atoms with E-state index in [2.05, 4.69) is 47.5 Å². The summed E-state index contributed by atoms with van der Waals surface area (Å²) >= 11 is 0. The van der Waals surface area contributed by atoms with Crippen LogP contribution < -0.4 is 5.32 Å². The molecule has 1 unspecified atom stereocenters. The van der Waals surface area contributed by atoms with E-state index >= 15 is 0 Å². The first kappa shape index (κ1) is 16.5. The van der Waals surface area contributed by atoms with Gasteiger partial charge in [0.25, 0.3) is 0 Å². The Bertz CT molecular complexity index is 497. The molecule has 2 aliphatic rings. The minimum Gasteiger partial charge on any atom is -0.363 e. The highest BCUT2D eigenvalue weighted by molar-refractivity contribution is 5.78. The molecular weight excluding hydrogens is 288 g/mol. The maximum Gasteiger partial charge on any atom is 0.246 e. The van der Waals surface area contributed by atoms with E-state index in [1.165, 1.54) is 12.0 Å². The summed E-state index contributed by atoms with van der Waals surface area (Å²) in [4.78, 5) is 13.8. The van der Waals surface area contributed by atoms with Crippen LogP contribution in [0, 0.1) is 5.92 Å². The molecule has 1 N–H and O–H groups in total. The zero-order valence-corrected chi connectivity index (χ0v) is 14.1.